The van der Waals surface area contributed by atoms with E-state index in [2.05, 4.69) is 49.0 Å². The Morgan fingerprint density at radius 3 is 2.15 bits per heavy atom. The predicted octanol–water partition coefficient (Wildman–Crippen LogP) is 5.83. The van der Waals surface area contributed by atoms with Crippen molar-refractivity contribution < 1.29 is 19.5 Å². The molecule has 0 atom stereocenters. The van der Waals surface area contributed by atoms with Gasteiger partial charge in [0, 0.05) is 44.0 Å². The first-order chi connectivity index (χ1) is 18.6. The van der Waals surface area contributed by atoms with Crippen molar-refractivity contribution in [1.82, 2.24) is 9.88 Å². The quantitative estimate of drug-likeness (QED) is 0.475. The SMILES string of the molecule is CC.CC1CCC(C(=O)N2CCN(c3ccc(C(=O)Nc4cccc(C(C)(C)C)c4)cn3)CC2)CC1.O=CO. The molecule has 1 aliphatic carbocycles. The second-order valence-corrected chi connectivity index (χ2v) is 11.1. The highest BCUT2D eigenvalue weighted by Crippen LogP contribution is 2.30. The van der Waals surface area contributed by atoms with E-state index in [1.165, 1.54) is 18.4 Å². The number of carbonyl (C=O) groups excluding carboxylic acids is 2. The number of carbonyl (C=O) groups is 3. The van der Waals surface area contributed by atoms with Crippen molar-refractivity contribution in [2.24, 2.45) is 11.8 Å². The summed E-state index contributed by atoms with van der Waals surface area (Å²) in [5, 5.41) is 9.87. The molecule has 2 N–H and O–H groups in total. The van der Waals surface area contributed by atoms with Gasteiger partial charge in [-0.25, -0.2) is 4.98 Å². The summed E-state index contributed by atoms with van der Waals surface area (Å²) in [6, 6.07) is 11.7. The number of piperazine rings is 1. The molecule has 1 aliphatic heterocycles. The molecular weight excluding hydrogens is 492 g/mol. The van der Waals surface area contributed by atoms with Crippen LogP contribution in [0, 0.1) is 11.8 Å². The Labute approximate surface area is 233 Å². The van der Waals surface area contributed by atoms with E-state index in [0.717, 1.165) is 56.4 Å². The molecule has 2 aromatic rings. The topological polar surface area (TPSA) is 103 Å². The Hall–Kier alpha value is -3.42. The summed E-state index contributed by atoms with van der Waals surface area (Å²) in [4.78, 5) is 42.8. The zero-order valence-corrected chi connectivity index (χ0v) is 24.4. The maximum absolute atomic E-state index is 12.9. The fourth-order valence-corrected chi connectivity index (χ4v) is 4.90. The van der Waals surface area contributed by atoms with Gasteiger partial charge in [-0.05, 0) is 66.8 Å². The van der Waals surface area contributed by atoms with Crippen LogP contribution in [0.25, 0.3) is 0 Å². The van der Waals surface area contributed by atoms with Crippen LogP contribution in [0.1, 0.15) is 83.1 Å². The molecule has 4 rings (SSSR count). The number of amides is 2. The number of nitrogens with zero attached hydrogens (tertiary/aromatic N) is 3. The predicted molar refractivity (Wildman–Crippen MR) is 157 cm³/mol. The van der Waals surface area contributed by atoms with Crippen LogP contribution in [0.4, 0.5) is 11.5 Å². The van der Waals surface area contributed by atoms with Gasteiger partial charge in [0.2, 0.25) is 5.91 Å². The molecule has 0 bridgehead atoms. The molecule has 0 unspecified atom stereocenters. The van der Waals surface area contributed by atoms with Gasteiger partial charge in [0.25, 0.3) is 12.4 Å². The maximum Gasteiger partial charge on any atom is 0.290 e. The smallest absolute Gasteiger partial charge is 0.290 e. The Morgan fingerprint density at radius 1 is 1.00 bits per heavy atom. The van der Waals surface area contributed by atoms with Gasteiger partial charge < -0.3 is 20.2 Å². The van der Waals surface area contributed by atoms with Crippen LogP contribution in [0.15, 0.2) is 42.6 Å². The van der Waals surface area contributed by atoms with E-state index >= 15 is 0 Å². The molecule has 39 heavy (non-hydrogen) atoms. The van der Waals surface area contributed by atoms with Gasteiger partial charge in [-0.2, -0.15) is 0 Å². The number of rotatable bonds is 4. The lowest BCUT2D eigenvalue weighted by atomic mass is 9.82. The monoisotopic (exact) mass is 538 g/mol. The summed E-state index contributed by atoms with van der Waals surface area (Å²) in [7, 11) is 0. The van der Waals surface area contributed by atoms with Gasteiger partial charge in [-0.15, -0.1) is 0 Å². The van der Waals surface area contributed by atoms with E-state index < -0.39 is 0 Å². The molecular formula is C31H46N4O4. The Kier molecular flexibility index (Phi) is 12.4. The van der Waals surface area contributed by atoms with Gasteiger partial charge >= 0.3 is 0 Å². The van der Waals surface area contributed by atoms with Gasteiger partial charge in [0.15, 0.2) is 0 Å². The molecule has 2 heterocycles. The van der Waals surface area contributed by atoms with E-state index in [4.69, 9.17) is 9.90 Å². The summed E-state index contributed by atoms with van der Waals surface area (Å²) < 4.78 is 0. The number of anilines is 2. The number of carboxylic acid groups (broad SMARTS) is 1. The lowest BCUT2D eigenvalue weighted by Gasteiger charge is -2.38. The van der Waals surface area contributed by atoms with Crippen molar-refractivity contribution in [3.8, 4) is 0 Å². The van der Waals surface area contributed by atoms with Crippen molar-refractivity contribution in [3.05, 3.63) is 53.7 Å². The van der Waals surface area contributed by atoms with Crippen LogP contribution in [-0.2, 0) is 15.0 Å². The highest BCUT2D eigenvalue weighted by molar-refractivity contribution is 6.04. The zero-order chi connectivity index (χ0) is 29.0. The molecule has 2 aliphatic rings. The molecule has 1 aromatic heterocycles. The standard InChI is InChI=1S/C28H38N4O2.C2H6.CH2O2/c1-20-8-10-21(11-9-20)27(34)32-16-14-31(15-17-32)25-13-12-22(19-29-25)26(33)30-24-7-5-6-23(18-24)28(2,3)4;1-2;2-1-3/h5-7,12-13,18-21H,8-11,14-17H2,1-4H3,(H,30,33);1-2H3;1H,(H,2,3). The van der Waals surface area contributed by atoms with Gasteiger partial charge in [0.05, 0.1) is 5.56 Å². The van der Waals surface area contributed by atoms with Crippen molar-refractivity contribution in [2.75, 3.05) is 36.4 Å². The second kappa shape index (κ2) is 15.2. The lowest BCUT2D eigenvalue weighted by molar-refractivity contribution is -0.137. The first kappa shape index (κ1) is 31.8. The van der Waals surface area contributed by atoms with Gasteiger partial charge in [-0.3, -0.25) is 14.4 Å². The molecule has 214 valence electrons. The van der Waals surface area contributed by atoms with Crippen LogP contribution in [0.3, 0.4) is 0 Å². The van der Waals surface area contributed by atoms with Crippen molar-refractivity contribution >= 4 is 29.8 Å². The highest BCUT2D eigenvalue weighted by Gasteiger charge is 2.30. The van der Waals surface area contributed by atoms with E-state index in [9.17, 15) is 9.59 Å². The molecule has 8 heteroatoms. The summed E-state index contributed by atoms with van der Waals surface area (Å²) in [6.45, 7) is 15.5. The lowest BCUT2D eigenvalue weighted by Crippen LogP contribution is -2.51. The third-order valence-corrected chi connectivity index (χ3v) is 7.28. The third-order valence-electron chi connectivity index (χ3n) is 7.28. The Bertz CT molecular complexity index is 1050. The third kappa shape index (κ3) is 9.37. The Balaban J connectivity index is 0.000000998. The molecule has 2 amide bonds. The van der Waals surface area contributed by atoms with Crippen molar-refractivity contribution in [1.29, 1.82) is 0 Å². The number of hydrogen-bond donors (Lipinski definition) is 2. The van der Waals surface area contributed by atoms with E-state index in [1.807, 2.05) is 49.1 Å². The van der Waals surface area contributed by atoms with Crippen LogP contribution in [0.2, 0.25) is 0 Å². The molecule has 0 spiro atoms. The molecule has 0 radical (unpaired) electrons. The fraction of sp³-hybridized carbons (Fsp3) is 0.548. The highest BCUT2D eigenvalue weighted by atomic mass is 16.3. The summed E-state index contributed by atoms with van der Waals surface area (Å²) >= 11 is 0. The first-order valence-electron chi connectivity index (χ1n) is 14.1. The normalized spacial score (nSPS) is 19.0. The summed E-state index contributed by atoms with van der Waals surface area (Å²) in [5.74, 6) is 1.99. The number of nitrogens with one attached hydrogen (secondary N) is 1. The van der Waals surface area contributed by atoms with Crippen LogP contribution in [-0.4, -0.2) is 59.5 Å². The minimum atomic E-state index is -0.250. The van der Waals surface area contributed by atoms with E-state index in [-0.39, 0.29) is 23.7 Å². The molecule has 8 nitrogen and oxygen atoms in total. The van der Waals surface area contributed by atoms with Crippen LogP contribution < -0.4 is 10.2 Å². The molecule has 2 fully saturated rings. The second-order valence-electron chi connectivity index (χ2n) is 11.1. The maximum atomic E-state index is 12.9. The molecule has 1 saturated carbocycles. The fourth-order valence-electron chi connectivity index (χ4n) is 4.90. The van der Waals surface area contributed by atoms with Gasteiger partial charge in [-0.1, -0.05) is 53.7 Å². The molecule has 1 saturated heterocycles. The van der Waals surface area contributed by atoms with Gasteiger partial charge in [0.1, 0.15) is 5.82 Å². The number of hydrogen-bond acceptors (Lipinski definition) is 5. The summed E-state index contributed by atoms with van der Waals surface area (Å²) in [6.07, 6.45) is 6.04. The number of aromatic nitrogens is 1. The number of pyridine rings is 1. The minimum Gasteiger partial charge on any atom is -0.483 e. The van der Waals surface area contributed by atoms with Crippen molar-refractivity contribution in [3.63, 3.8) is 0 Å². The average molecular weight is 539 g/mol. The largest absolute Gasteiger partial charge is 0.483 e. The minimum absolute atomic E-state index is 0.0214. The average Bonchev–Trinajstić information content (AvgIpc) is 2.94. The number of benzene rings is 1. The van der Waals surface area contributed by atoms with Crippen LogP contribution in [0.5, 0.6) is 0 Å². The Morgan fingerprint density at radius 2 is 1.62 bits per heavy atom. The first-order valence-corrected chi connectivity index (χ1v) is 14.1. The van der Waals surface area contributed by atoms with E-state index in [1.54, 1.807) is 6.20 Å². The van der Waals surface area contributed by atoms with Crippen LogP contribution >= 0.6 is 0 Å². The molecule has 1 aromatic carbocycles. The van der Waals surface area contributed by atoms with Crippen molar-refractivity contribution in [2.45, 2.75) is 72.6 Å². The summed E-state index contributed by atoms with van der Waals surface area (Å²) in [5.41, 5.74) is 2.52. The van der Waals surface area contributed by atoms with E-state index in [0.29, 0.717) is 11.5 Å². The zero-order valence-electron chi connectivity index (χ0n) is 24.4.